The van der Waals surface area contributed by atoms with Gasteiger partial charge in [0.1, 0.15) is 12.1 Å². The second-order valence-electron chi connectivity index (χ2n) is 4.80. The summed E-state index contributed by atoms with van der Waals surface area (Å²) in [6, 6.07) is 0. The van der Waals surface area contributed by atoms with E-state index in [0.29, 0.717) is 5.25 Å². The largest absolute Gasteiger partial charge is 0.354 e. The molecule has 0 spiro atoms. The van der Waals surface area contributed by atoms with Gasteiger partial charge in [0.05, 0.1) is 5.69 Å². The molecule has 1 fully saturated rings. The number of hydrogen-bond donors (Lipinski definition) is 0. The fourth-order valence-electron chi connectivity index (χ4n) is 2.51. The summed E-state index contributed by atoms with van der Waals surface area (Å²) in [5.74, 6) is 2.22. The highest BCUT2D eigenvalue weighted by atomic mass is 32.2. The third-order valence-electron chi connectivity index (χ3n) is 3.62. The first-order valence-corrected chi connectivity index (χ1v) is 7.19. The standard InChI is InChI=1S/C12H18N4S/c1-9-11-10(7-17-9)13-8-14-12(11)16-5-3-15(2)4-6-16/h8-9H,3-7H2,1-2H3/t9-/m0/s1. The van der Waals surface area contributed by atoms with Crippen molar-refractivity contribution in [1.29, 1.82) is 0 Å². The molecule has 92 valence electrons. The van der Waals surface area contributed by atoms with Crippen LogP contribution in [0.4, 0.5) is 5.82 Å². The third kappa shape index (κ3) is 2.02. The molecule has 1 atom stereocenters. The van der Waals surface area contributed by atoms with E-state index in [-0.39, 0.29) is 0 Å². The highest BCUT2D eigenvalue weighted by molar-refractivity contribution is 7.99. The van der Waals surface area contributed by atoms with Gasteiger partial charge in [-0.25, -0.2) is 9.97 Å². The molecule has 0 bridgehead atoms. The molecule has 3 rings (SSSR count). The predicted molar refractivity (Wildman–Crippen MR) is 71.5 cm³/mol. The van der Waals surface area contributed by atoms with Crippen molar-refractivity contribution in [2.45, 2.75) is 17.9 Å². The maximum absolute atomic E-state index is 4.53. The van der Waals surface area contributed by atoms with Crippen molar-refractivity contribution in [3.8, 4) is 0 Å². The van der Waals surface area contributed by atoms with E-state index in [0.717, 1.165) is 31.9 Å². The first-order valence-electron chi connectivity index (χ1n) is 6.14. The Balaban J connectivity index is 1.91. The minimum Gasteiger partial charge on any atom is -0.354 e. The Kier molecular flexibility index (Phi) is 2.96. The van der Waals surface area contributed by atoms with Crippen LogP contribution in [0.2, 0.25) is 0 Å². The lowest BCUT2D eigenvalue weighted by molar-refractivity contribution is 0.311. The van der Waals surface area contributed by atoms with Gasteiger partial charge in [0.25, 0.3) is 0 Å². The molecule has 1 aromatic rings. The lowest BCUT2D eigenvalue weighted by Crippen LogP contribution is -2.45. The maximum Gasteiger partial charge on any atom is 0.136 e. The number of anilines is 1. The molecule has 2 aliphatic heterocycles. The zero-order valence-electron chi connectivity index (χ0n) is 10.4. The Morgan fingerprint density at radius 2 is 2.00 bits per heavy atom. The first kappa shape index (κ1) is 11.3. The van der Waals surface area contributed by atoms with Gasteiger partial charge < -0.3 is 9.80 Å². The van der Waals surface area contributed by atoms with Crippen LogP contribution in [0.5, 0.6) is 0 Å². The fourth-order valence-corrected chi connectivity index (χ4v) is 3.56. The number of likely N-dealkylation sites (N-methyl/N-ethyl adjacent to an activating group) is 1. The molecule has 0 amide bonds. The van der Waals surface area contributed by atoms with Gasteiger partial charge in [-0.05, 0) is 14.0 Å². The van der Waals surface area contributed by atoms with Crippen molar-refractivity contribution < 1.29 is 0 Å². The number of thioether (sulfide) groups is 1. The summed E-state index contributed by atoms with van der Waals surface area (Å²) in [7, 11) is 2.18. The van der Waals surface area contributed by atoms with Crippen LogP contribution in [0.25, 0.3) is 0 Å². The van der Waals surface area contributed by atoms with Crippen LogP contribution in [-0.2, 0) is 5.75 Å². The summed E-state index contributed by atoms with van der Waals surface area (Å²) in [6.45, 7) is 6.68. The molecule has 3 heterocycles. The quantitative estimate of drug-likeness (QED) is 0.755. The van der Waals surface area contributed by atoms with E-state index in [4.69, 9.17) is 0 Å². The third-order valence-corrected chi connectivity index (χ3v) is 4.80. The van der Waals surface area contributed by atoms with Crippen LogP contribution in [0, 0.1) is 0 Å². The topological polar surface area (TPSA) is 32.3 Å². The van der Waals surface area contributed by atoms with Crippen molar-refractivity contribution in [3.05, 3.63) is 17.6 Å². The normalized spacial score (nSPS) is 25.1. The van der Waals surface area contributed by atoms with Crippen LogP contribution in [0.15, 0.2) is 6.33 Å². The Bertz CT molecular complexity index is 415. The molecule has 2 aliphatic rings. The summed E-state index contributed by atoms with van der Waals surface area (Å²) in [4.78, 5) is 13.7. The molecular formula is C12H18N4S. The highest BCUT2D eigenvalue weighted by Crippen LogP contribution is 2.44. The van der Waals surface area contributed by atoms with Gasteiger partial charge in [0.2, 0.25) is 0 Å². The average Bonchev–Trinajstić information content (AvgIpc) is 2.73. The summed E-state index contributed by atoms with van der Waals surface area (Å²) in [5, 5.41) is 0.542. The lowest BCUT2D eigenvalue weighted by atomic mass is 10.1. The van der Waals surface area contributed by atoms with Crippen LogP contribution in [0.3, 0.4) is 0 Å². The monoisotopic (exact) mass is 250 g/mol. The molecule has 1 aromatic heterocycles. The second kappa shape index (κ2) is 4.46. The van der Waals surface area contributed by atoms with Gasteiger partial charge in [0, 0.05) is 42.7 Å². The zero-order chi connectivity index (χ0) is 11.8. The van der Waals surface area contributed by atoms with E-state index in [9.17, 15) is 0 Å². The molecule has 0 N–H and O–H groups in total. The predicted octanol–water partition coefficient (Wildman–Crippen LogP) is 1.54. The maximum atomic E-state index is 4.53. The number of fused-ring (bicyclic) bond motifs is 1. The molecule has 17 heavy (non-hydrogen) atoms. The van der Waals surface area contributed by atoms with E-state index >= 15 is 0 Å². The molecule has 5 heteroatoms. The summed E-state index contributed by atoms with van der Waals surface area (Å²) < 4.78 is 0. The highest BCUT2D eigenvalue weighted by Gasteiger charge is 2.28. The van der Waals surface area contributed by atoms with E-state index in [1.165, 1.54) is 17.1 Å². The summed E-state index contributed by atoms with van der Waals surface area (Å²) >= 11 is 1.97. The molecule has 0 radical (unpaired) electrons. The van der Waals surface area contributed by atoms with Crippen molar-refractivity contribution >= 4 is 17.6 Å². The van der Waals surface area contributed by atoms with E-state index in [1.54, 1.807) is 6.33 Å². The van der Waals surface area contributed by atoms with Gasteiger partial charge >= 0.3 is 0 Å². The van der Waals surface area contributed by atoms with Crippen LogP contribution >= 0.6 is 11.8 Å². The molecule has 4 nitrogen and oxygen atoms in total. The number of rotatable bonds is 1. The van der Waals surface area contributed by atoms with Gasteiger partial charge in [0.15, 0.2) is 0 Å². The Hall–Kier alpha value is -0.810. The Morgan fingerprint density at radius 1 is 1.24 bits per heavy atom. The van der Waals surface area contributed by atoms with Crippen LogP contribution < -0.4 is 4.90 Å². The number of nitrogens with zero attached hydrogens (tertiary/aromatic N) is 4. The zero-order valence-corrected chi connectivity index (χ0v) is 11.2. The minimum atomic E-state index is 0.542. The van der Waals surface area contributed by atoms with Crippen LogP contribution in [-0.4, -0.2) is 48.1 Å². The Morgan fingerprint density at radius 3 is 2.76 bits per heavy atom. The van der Waals surface area contributed by atoms with E-state index in [1.807, 2.05) is 11.8 Å². The first-order chi connectivity index (χ1) is 8.25. The van der Waals surface area contributed by atoms with Gasteiger partial charge in [-0.3, -0.25) is 0 Å². The summed E-state index contributed by atoms with van der Waals surface area (Å²) in [6.07, 6.45) is 1.73. The minimum absolute atomic E-state index is 0.542. The van der Waals surface area contributed by atoms with Gasteiger partial charge in [-0.2, -0.15) is 0 Å². The van der Waals surface area contributed by atoms with Crippen molar-refractivity contribution in [3.63, 3.8) is 0 Å². The summed E-state index contributed by atoms with van der Waals surface area (Å²) in [5.41, 5.74) is 2.62. The van der Waals surface area contributed by atoms with Gasteiger partial charge in [-0.15, -0.1) is 11.8 Å². The number of aromatic nitrogens is 2. The lowest BCUT2D eigenvalue weighted by Gasteiger charge is -2.34. The average molecular weight is 250 g/mol. The SMILES string of the molecule is C[C@@H]1SCc2ncnc(N3CCN(C)CC3)c21. The molecular weight excluding hydrogens is 232 g/mol. The molecule has 0 unspecified atom stereocenters. The van der Waals surface area contributed by atoms with E-state index in [2.05, 4.69) is 33.7 Å². The Labute approximate surface area is 106 Å². The van der Waals surface area contributed by atoms with Crippen molar-refractivity contribution in [2.75, 3.05) is 38.1 Å². The molecule has 0 aromatic carbocycles. The second-order valence-corrected chi connectivity index (χ2v) is 6.13. The van der Waals surface area contributed by atoms with Crippen LogP contribution in [0.1, 0.15) is 23.4 Å². The molecule has 0 saturated carbocycles. The van der Waals surface area contributed by atoms with Gasteiger partial charge in [-0.1, -0.05) is 0 Å². The number of hydrogen-bond acceptors (Lipinski definition) is 5. The smallest absolute Gasteiger partial charge is 0.136 e. The number of piperazine rings is 1. The van der Waals surface area contributed by atoms with Crippen molar-refractivity contribution in [2.24, 2.45) is 0 Å². The fraction of sp³-hybridized carbons (Fsp3) is 0.667. The van der Waals surface area contributed by atoms with E-state index < -0.39 is 0 Å². The molecule has 0 aliphatic carbocycles. The van der Waals surface area contributed by atoms with Crippen molar-refractivity contribution in [1.82, 2.24) is 14.9 Å². The molecule has 1 saturated heterocycles.